The van der Waals surface area contributed by atoms with Crippen molar-refractivity contribution < 1.29 is 4.42 Å². The molecule has 0 spiro atoms. The fraction of sp³-hybridized carbons (Fsp3) is 0.0217. The van der Waals surface area contributed by atoms with Crippen molar-refractivity contribution in [3.05, 3.63) is 187 Å². The van der Waals surface area contributed by atoms with Crippen molar-refractivity contribution in [2.75, 3.05) is 0 Å². The zero-order valence-corrected chi connectivity index (χ0v) is 27.8. The summed E-state index contributed by atoms with van der Waals surface area (Å²) in [6.07, 6.45) is 0. The van der Waals surface area contributed by atoms with Gasteiger partial charge in [-0.05, 0) is 65.9 Å². The van der Waals surface area contributed by atoms with Crippen LogP contribution in [0.1, 0.15) is 16.7 Å². The molecule has 5 heteroatoms. The van der Waals surface area contributed by atoms with E-state index in [0.29, 0.717) is 18.2 Å². The van der Waals surface area contributed by atoms with Crippen LogP contribution >= 0.6 is 0 Å². The van der Waals surface area contributed by atoms with Crippen LogP contribution in [0.5, 0.6) is 0 Å². The Hall–Kier alpha value is -6.85. The van der Waals surface area contributed by atoms with Gasteiger partial charge in [0.1, 0.15) is 11.2 Å². The normalized spacial score (nSPS) is 12.3. The van der Waals surface area contributed by atoms with Crippen LogP contribution in [-0.2, 0) is 6.54 Å². The first-order valence-corrected chi connectivity index (χ1v) is 17.0. The van der Waals surface area contributed by atoms with Crippen LogP contribution in [0.3, 0.4) is 0 Å². The summed E-state index contributed by atoms with van der Waals surface area (Å²) >= 11 is 0. The van der Waals surface area contributed by atoms with Crippen LogP contribution in [0.2, 0.25) is 0 Å². The monoisotopic (exact) mass is 656 g/mol. The number of hydrogen-bond donors (Lipinski definition) is 0. The van der Waals surface area contributed by atoms with Crippen LogP contribution in [0.4, 0.5) is 0 Å². The summed E-state index contributed by atoms with van der Waals surface area (Å²) in [5.41, 5.74) is 9.98. The molecule has 0 aliphatic heterocycles. The predicted molar refractivity (Wildman–Crippen MR) is 213 cm³/mol. The second kappa shape index (κ2) is 12.9. The first-order valence-electron chi connectivity index (χ1n) is 17.0. The molecule has 0 radical (unpaired) electrons. The molecule has 9 aromatic rings. The van der Waals surface area contributed by atoms with E-state index >= 15 is 0 Å². The predicted octanol–water partition coefficient (Wildman–Crippen LogP) is 11.4. The highest BCUT2D eigenvalue weighted by atomic mass is 16.3. The molecule has 2 heterocycles. The third kappa shape index (κ3) is 5.51. The standard InChI is InChI=1S/C46H32N4O/c1-47-45(32-16-6-3-7-17-32)49-46(48-30-31-14-4-2-5-15-31)39-20-9-12-22-41(39)50-40-21-11-8-18-35(40)36-26-24-33(28-42(36)50)34-25-27-38-37-19-10-13-23-43(37)51-44(38)29-34/h2-29H,1,30H2/b48-46-,49-45-. The number of benzene rings is 7. The third-order valence-electron chi connectivity index (χ3n) is 9.42. The van der Waals surface area contributed by atoms with E-state index in [4.69, 9.17) is 14.4 Å². The lowest BCUT2D eigenvalue weighted by atomic mass is 10.0. The largest absolute Gasteiger partial charge is 0.456 e. The van der Waals surface area contributed by atoms with Crippen molar-refractivity contribution in [2.24, 2.45) is 15.0 Å². The van der Waals surface area contributed by atoms with Gasteiger partial charge in [-0.3, -0.25) is 4.99 Å². The lowest BCUT2D eigenvalue weighted by Crippen LogP contribution is -2.09. The van der Waals surface area contributed by atoms with Crippen molar-refractivity contribution >= 4 is 62.1 Å². The van der Waals surface area contributed by atoms with E-state index in [9.17, 15) is 0 Å². The van der Waals surface area contributed by atoms with Gasteiger partial charge >= 0.3 is 0 Å². The van der Waals surface area contributed by atoms with Crippen LogP contribution in [0, 0.1) is 0 Å². The molecule has 0 bridgehead atoms. The second-order valence-electron chi connectivity index (χ2n) is 12.5. The highest BCUT2D eigenvalue weighted by Crippen LogP contribution is 2.37. The number of fused-ring (bicyclic) bond motifs is 6. The quantitative estimate of drug-likeness (QED) is 0.130. The van der Waals surface area contributed by atoms with Crippen LogP contribution in [-0.4, -0.2) is 23.0 Å². The summed E-state index contributed by atoms with van der Waals surface area (Å²) in [7, 11) is 0. The molecular weight excluding hydrogens is 625 g/mol. The van der Waals surface area contributed by atoms with Gasteiger partial charge in [0, 0.05) is 32.7 Å². The molecule has 242 valence electrons. The highest BCUT2D eigenvalue weighted by molar-refractivity contribution is 6.16. The maximum Gasteiger partial charge on any atom is 0.161 e. The number of para-hydroxylation sites is 3. The Bertz CT molecular complexity index is 2790. The summed E-state index contributed by atoms with van der Waals surface area (Å²) in [4.78, 5) is 14.6. The molecule has 0 atom stereocenters. The molecule has 0 saturated carbocycles. The molecular formula is C46H32N4O. The van der Waals surface area contributed by atoms with Gasteiger partial charge in [0.05, 0.1) is 23.3 Å². The fourth-order valence-corrected chi connectivity index (χ4v) is 6.98. The maximum absolute atomic E-state index is 6.27. The Labute approximate surface area is 295 Å². The van der Waals surface area contributed by atoms with Gasteiger partial charge in [-0.15, -0.1) is 0 Å². The zero-order valence-electron chi connectivity index (χ0n) is 27.8. The lowest BCUT2D eigenvalue weighted by Gasteiger charge is -2.15. The molecule has 7 aromatic carbocycles. The molecule has 0 saturated heterocycles. The Kier molecular flexibility index (Phi) is 7.63. The minimum absolute atomic E-state index is 0.467. The smallest absolute Gasteiger partial charge is 0.161 e. The molecule has 0 aliphatic rings. The number of rotatable bonds is 6. The van der Waals surface area contributed by atoms with Crippen LogP contribution < -0.4 is 0 Å². The summed E-state index contributed by atoms with van der Waals surface area (Å²) in [5, 5.41) is 4.58. The van der Waals surface area contributed by atoms with E-state index in [1.807, 2.05) is 66.7 Å². The van der Waals surface area contributed by atoms with Gasteiger partial charge in [0.25, 0.3) is 0 Å². The van der Waals surface area contributed by atoms with E-state index in [1.165, 1.54) is 5.39 Å². The van der Waals surface area contributed by atoms with E-state index in [1.54, 1.807) is 0 Å². The molecule has 0 amide bonds. The SMILES string of the molecule is C=N/C(=N\C(=N/Cc1ccccc1)c1ccccc1-n1c2ccccc2c2ccc(-c3ccc4c(c3)oc3ccccc34)cc21)c1ccccc1. The highest BCUT2D eigenvalue weighted by Gasteiger charge is 2.19. The lowest BCUT2D eigenvalue weighted by molar-refractivity contribution is 0.669. The van der Waals surface area contributed by atoms with Crippen molar-refractivity contribution in [2.45, 2.75) is 6.54 Å². The minimum atomic E-state index is 0.467. The summed E-state index contributed by atoms with van der Waals surface area (Å²) in [5.74, 6) is 1.10. The Morgan fingerprint density at radius 2 is 1.16 bits per heavy atom. The fourth-order valence-electron chi connectivity index (χ4n) is 6.98. The summed E-state index contributed by atoms with van der Waals surface area (Å²) in [6.45, 7) is 4.35. The van der Waals surface area contributed by atoms with E-state index in [-0.39, 0.29) is 0 Å². The van der Waals surface area contributed by atoms with Gasteiger partial charge in [-0.25, -0.2) is 9.98 Å². The number of nitrogens with zero attached hydrogens (tertiary/aromatic N) is 4. The molecule has 9 rings (SSSR count). The van der Waals surface area contributed by atoms with Gasteiger partial charge in [0.2, 0.25) is 0 Å². The number of hydrogen-bond acceptors (Lipinski definition) is 2. The second-order valence-corrected chi connectivity index (χ2v) is 12.5. The third-order valence-corrected chi connectivity index (χ3v) is 9.42. The number of furan rings is 1. The molecule has 0 aliphatic carbocycles. The van der Waals surface area contributed by atoms with Gasteiger partial charge in [-0.2, -0.15) is 0 Å². The molecule has 0 fully saturated rings. The molecule has 0 unspecified atom stereocenters. The van der Waals surface area contributed by atoms with Crippen molar-refractivity contribution in [1.82, 2.24) is 4.57 Å². The van der Waals surface area contributed by atoms with Crippen LogP contribution in [0.25, 0.3) is 60.6 Å². The molecule has 5 nitrogen and oxygen atoms in total. The van der Waals surface area contributed by atoms with Crippen LogP contribution in [0.15, 0.2) is 189 Å². The molecule has 2 aromatic heterocycles. The molecule has 0 N–H and O–H groups in total. The van der Waals surface area contributed by atoms with E-state index in [0.717, 1.165) is 71.9 Å². The topological polar surface area (TPSA) is 55.1 Å². The summed E-state index contributed by atoms with van der Waals surface area (Å²) in [6, 6.07) is 58.5. The first kappa shape index (κ1) is 30.2. The van der Waals surface area contributed by atoms with Gasteiger partial charge in [-0.1, -0.05) is 127 Å². The number of aliphatic imine (C=N–C) groups is 3. The Morgan fingerprint density at radius 1 is 0.529 bits per heavy atom. The van der Waals surface area contributed by atoms with Crippen molar-refractivity contribution in [3.8, 4) is 16.8 Å². The Morgan fingerprint density at radius 3 is 1.98 bits per heavy atom. The van der Waals surface area contributed by atoms with E-state index < -0.39 is 0 Å². The Balaban J connectivity index is 1.25. The van der Waals surface area contributed by atoms with Crippen molar-refractivity contribution in [3.63, 3.8) is 0 Å². The zero-order chi connectivity index (χ0) is 34.1. The summed E-state index contributed by atoms with van der Waals surface area (Å²) < 4.78 is 8.60. The van der Waals surface area contributed by atoms with Crippen molar-refractivity contribution in [1.29, 1.82) is 0 Å². The van der Waals surface area contributed by atoms with Gasteiger partial charge in [0.15, 0.2) is 11.7 Å². The first-order chi connectivity index (χ1) is 25.2. The minimum Gasteiger partial charge on any atom is -0.456 e. The van der Waals surface area contributed by atoms with E-state index in [2.05, 4.69) is 119 Å². The number of amidine groups is 2. The van der Waals surface area contributed by atoms with Gasteiger partial charge < -0.3 is 8.98 Å². The molecule has 51 heavy (non-hydrogen) atoms. The maximum atomic E-state index is 6.27. The average molecular weight is 657 g/mol. The average Bonchev–Trinajstić information content (AvgIpc) is 3.74. The number of aromatic nitrogens is 1.